The number of hydrogen-bond acceptors (Lipinski definition) is 2. The van der Waals surface area contributed by atoms with E-state index in [1.54, 1.807) is 17.0 Å². The smallest absolute Gasteiger partial charge is 0.248 e. The highest BCUT2D eigenvalue weighted by atomic mass is 79.9. The number of halogens is 2. The Morgan fingerprint density at radius 1 is 1.20 bits per heavy atom. The second-order valence-electron chi connectivity index (χ2n) is 4.70. The van der Waals surface area contributed by atoms with Gasteiger partial charge in [-0.05, 0) is 29.8 Å². The first-order chi connectivity index (χ1) is 9.58. The van der Waals surface area contributed by atoms with Crippen LogP contribution in [0, 0.1) is 5.82 Å². The van der Waals surface area contributed by atoms with Crippen LogP contribution in [0.4, 0.5) is 10.1 Å². The van der Waals surface area contributed by atoms with Crippen molar-refractivity contribution in [3.05, 3.63) is 63.9 Å². The van der Waals surface area contributed by atoms with Gasteiger partial charge in [0.15, 0.2) is 0 Å². The summed E-state index contributed by atoms with van der Waals surface area (Å²) in [6, 6.07) is 11.1. The third-order valence-electron chi connectivity index (χ3n) is 3.42. The molecular weight excluding hydrogens is 323 g/mol. The van der Waals surface area contributed by atoms with E-state index in [0.29, 0.717) is 6.54 Å². The highest BCUT2D eigenvalue weighted by Crippen LogP contribution is 2.39. The minimum atomic E-state index is -0.652. The first-order valence-corrected chi connectivity index (χ1v) is 6.97. The summed E-state index contributed by atoms with van der Waals surface area (Å²) in [6.45, 7) is 0.385. The van der Waals surface area contributed by atoms with Gasteiger partial charge < -0.3 is 10.6 Å². The zero-order chi connectivity index (χ0) is 14.3. The molecule has 102 valence electrons. The Kier molecular flexibility index (Phi) is 3.31. The highest BCUT2D eigenvalue weighted by Gasteiger charge is 2.36. The van der Waals surface area contributed by atoms with Crippen LogP contribution < -0.4 is 10.6 Å². The Labute approximate surface area is 124 Å². The average molecular weight is 335 g/mol. The molecule has 20 heavy (non-hydrogen) atoms. The molecule has 3 nitrogen and oxygen atoms in total. The van der Waals surface area contributed by atoms with E-state index in [1.807, 2.05) is 18.2 Å². The second-order valence-corrected chi connectivity index (χ2v) is 5.56. The van der Waals surface area contributed by atoms with Crippen LogP contribution in [-0.4, -0.2) is 5.91 Å². The maximum absolute atomic E-state index is 12.9. The van der Waals surface area contributed by atoms with Gasteiger partial charge in [0.05, 0.1) is 12.2 Å². The molecular formula is C15H12BrFN2O. The maximum atomic E-state index is 12.9. The van der Waals surface area contributed by atoms with Crippen LogP contribution in [0.1, 0.15) is 17.2 Å². The molecule has 0 bridgehead atoms. The molecule has 0 radical (unpaired) electrons. The van der Waals surface area contributed by atoms with E-state index in [2.05, 4.69) is 15.9 Å². The molecule has 1 atom stereocenters. The molecule has 0 fully saturated rings. The van der Waals surface area contributed by atoms with Crippen LogP contribution >= 0.6 is 15.9 Å². The zero-order valence-electron chi connectivity index (χ0n) is 10.5. The Bertz CT molecular complexity index is 672. The molecule has 0 saturated carbocycles. The number of carbonyl (C=O) groups excluding carboxylic acids is 1. The van der Waals surface area contributed by atoms with Gasteiger partial charge in [0.2, 0.25) is 5.91 Å². The number of carbonyl (C=O) groups is 1. The lowest BCUT2D eigenvalue weighted by atomic mass is 10.1. The first kappa shape index (κ1) is 13.3. The predicted octanol–water partition coefficient (Wildman–Crippen LogP) is 3.13. The van der Waals surface area contributed by atoms with Crippen LogP contribution in [0.15, 0.2) is 46.9 Å². The third-order valence-corrected chi connectivity index (χ3v) is 4.11. The maximum Gasteiger partial charge on any atom is 0.248 e. The normalized spacial score (nSPS) is 17.4. The summed E-state index contributed by atoms with van der Waals surface area (Å²) in [5.41, 5.74) is 8.45. The summed E-state index contributed by atoms with van der Waals surface area (Å²) in [4.78, 5) is 13.9. The molecule has 0 saturated heterocycles. The summed E-state index contributed by atoms with van der Waals surface area (Å²) >= 11 is 3.43. The lowest BCUT2D eigenvalue weighted by molar-refractivity contribution is -0.119. The van der Waals surface area contributed by atoms with Crippen LogP contribution in [0.25, 0.3) is 0 Å². The minimum absolute atomic E-state index is 0.142. The second kappa shape index (κ2) is 5.00. The van der Waals surface area contributed by atoms with E-state index in [1.165, 1.54) is 12.1 Å². The van der Waals surface area contributed by atoms with Gasteiger partial charge in [-0.2, -0.15) is 0 Å². The quantitative estimate of drug-likeness (QED) is 0.917. The Hall–Kier alpha value is -1.72. The van der Waals surface area contributed by atoms with Crippen molar-refractivity contribution in [2.45, 2.75) is 12.6 Å². The summed E-state index contributed by atoms with van der Waals surface area (Å²) in [6.07, 6.45) is 0. The number of nitrogens with zero attached hydrogens (tertiary/aromatic N) is 1. The van der Waals surface area contributed by atoms with E-state index < -0.39 is 6.04 Å². The first-order valence-electron chi connectivity index (χ1n) is 6.18. The van der Waals surface area contributed by atoms with Crippen molar-refractivity contribution in [3.8, 4) is 0 Å². The summed E-state index contributed by atoms with van der Waals surface area (Å²) in [7, 11) is 0. The van der Waals surface area contributed by atoms with Crippen molar-refractivity contribution in [1.29, 1.82) is 0 Å². The number of benzene rings is 2. The lowest BCUT2D eigenvalue weighted by Gasteiger charge is -2.17. The molecule has 2 aromatic carbocycles. The van der Waals surface area contributed by atoms with Gasteiger partial charge >= 0.3 is 0 Å². The van der Waals surface area contributed by atoms with Crippen LogP contribution in [0.3, 0.4) is 0 Å². The summed E-state index contributed by atoms with van der Waals surface area (Å²) in [5, 5.41) is 0. The van der Waals surface area contributed by atoms with Gasteiger partial charge in [0.25, 0.3) is 0 Å². The van der Waals surface area contributed by atoms with Crippen LogP contribution in [-0.2, 0) is 11.3 Å². The van der Waals surface area contributed by atoms with Gasteiger partial charge in [-0.1, -0.05) is 34.1 Å². The van der Waals surface area contributed by atoms with Crippen molar-refractivity contribution < 1.29 is 9.18 Å². The molecule has 3 rings (SSSR count). The van der Waals surface area contributed by atoms with E-state index >= 15 is 0 Å². The molecule has 0 aliphatic carbocycles. The number of amides is 1. The molecule has 1 aliphatic rings. The largest absolute Gasteiger partial charge is 0.316 e. The predicted molar refractivity (Wildman–Crippen MR) is 78.7 cm³/mol. The van der Waals surface area contributed by atoms with Crippen molar-refractivity contribution in [2.24, 2.45) is 5.73 Å². The zero-order valence-corrected chi connectivity index (χ0v) is 12.1. The fourth-order valence-electron chi connectivity index (χ4n) is 2.41. The Morgan fingerprint density at radius 3 is 2.60 bits per heavy atom. The van der Waals surface area contributed by atoms with Gasteiger partial charge in [-0.15, -0.1) is 0 Å². The standard InChI is InChI=1S/C15H12BrFN2O/c16-11-2-1-3-12-13(11)14(18)15(20)19(12)8-9-4-6-10(17)7-5-9/h1-7,14H,8,18H2. The molecule has 0 spiro atoms. The fraction of sp³-hybridized carbons (Fsp3) is 0.133. The van der Waals surface area contributed by atoms with Crippen molar-refractivity contribution in [2.75, 3.05) is 4.90 Å². The molecule has 0 aromatic heterocycles. The Balaban J connectivity index is 1.97. The molecule has 1 unspecified atom stereocenters. The topological polar surface area (TPSA) is 46.3 Å². The minimum Gasteiger partial charge on any atom is -0.316 e. The fourth-order valence-corrected chi connectivity index (χ4v) is 3.02. The van der Waals surface area contributed by atoms with E-state index in [9.17, 15) is 9.18 Å². The third kappa shape index (κ3) is 2.13. The van der Waals surface area contributed by atoms with Crippen molar-refractivity contribution in [3.63, 3.8) is 0 Å². The van der Waals surface area contributed by atoms with Crippen LogP contribution in [0.2, 0.25) is 0 Å². The van der Waals surface area contributed by atoms with Gasteiger partial charge in [0.1, 0.15) is 11.9 Å². The SMILES string of the molecule is NC1C(=O)N(Cc2ccc(F)cc2)c2cccc(Br)c21. The van der Waals surface area contributed by atoms with E-state index in [0.717, 1.165) is 21.3 Å². The number of hydrogen-bond donors (Lipinski definition) is 1. The number of fused-ring (bicyclic) bond motifs is 1. The number of anilines is 1. The van der Waals surface area contributed by atoms with E-state index in [-0.39, 0.29) is 11.7 Å². The van der Waals surface area contributed by atoms with Gasteiger partial charge in [-0.3, -0.25) is 4.79 Å². The number of nitrogens with two attached hydrogens (primary N) is 1. The summed E-state index contributed by atoms with van der Waals surface area (Å²) < 4.78 is 13.8. The molecule has 1 aliphatic heterocycles. The average Bonchev–Trinajstić information content (AvgIpc) is 2.67. The Morgan fingerprint density at radius 2 is 1.90 bits per heavy atom. The van der Waals surface area contributed by atoms with Crippen molar-refractivity contribution >= 4 is 27.5 Å². The molecule has 1 heterocycles. The lowest BCUT2D eigenvalue weighted by Crippen LogP contribution is -2.31. The summed E-state index contributed by atoms with van der Waals surface area (Å²) in [5.74, 6) is -0.433. The highest BCUT2D eigenvalue weighted by molar-refractivity contribution is 9.10. The number of rotatable bonds is 2. The molecule has 5 heteroatoms. The monoisotopic (exact) mass is 334 g/mol. The van der Waals surface area contributed by atoms with Gasteiger partial charge in [-0.25, -0.2) is 4.39 Å². The molecule has 2 aromatic rings. The van der Waals surface area contributed by atoms with Crippen molar-refractivity contribution in [1.82, 2.24) is 0 Å². The van der Waals surface area contributed by atoms with Gasteiger partial charge in [0, 0.05) is 10.0 Å². The van der Waals surface area contributed by atoms with E-state index in [4.69, 9.17) is 5.73 Å². The molecule has 1 amide bonds. The van der Waals surface area contributed by atoms with Crippen LogP contribution in [0.5, 0.6) is 0 Å². The molecule has 2 N–H and O–H groups in total.